The van der Waals surface area contributed by atoms with Crippen molar-refractivity contribution >= 4 is 58.5 Å². The molecule has 0 radical (unpaired) electrons. The first-order valence-electron chi connectivity index (χ1n) is 26.0. The summed E-state index contributed by atoms with van der Waals surface area (Å²) in [6, 6.07) is 13.5. The van der Waals surface area contributed by atoms with Crippen molar-refractivity contribution in [3.05, 3.63) is 150 Å². The second-order valence-corrected chi connectivity index (χ2v) is 19.7. The standard InChI is InChI=1S/C58H66N8O12/c1-8-21-75-52(70)29-39-17-15-38(16-18-39)19-20-47(67)44-30-41(34-63(44)6)59-55(71)45-27-40(33-62(45)5)28-48(68)54-61-50(35-64(54)7)60-51(69)13-12-24-74-49-31-43-42(26-37(49)4)56(72)65-32-36(3)25-46(65)57(66(43)58(73)77-22-9-2)78-53-14-10-11-23-76-53/h8-9,15-18,26-27,30-31,33-35,46,53,57H,1-3,10-14,19-25,28-29,32H2,4-7H3,(H,59,71)(H,60,69)/t46-,53?,57?/m0/s1. The Labute approximate surface area is 452 Å². The number of benzene rings is 2. The number of carbonyl (C=O) groups excluding carboxylic acids is 7. The van der Waals surface area contributed by atoms with Crippen LogP contribution >= 0.6 is 0 Å². The Kier molecular flexibility index (Phi) is 18.0. The molecule has 0 spiro atoms. The van der Waals surface area contributed by atoms with Crippen LogP contribution in [0.25, 0.3) is 0 Å². The van der Waals surface area contributed by atoms with Crippen molar-refractivity contribution in [2.45, 2.75) is 89.7 Å². The number of ketones is 2. The van der Waals surface area contributed by atoms with Crippen LogP contribution < -0.4 is 20.3 Å². The number of imidazole rings is 1. The Morgan fingerprint density at radius 1 is 0.821 bits per heavy atom. The maximum Gasteiger partial charge on any atom is 0.416 e. The molecule has 3 aliphatic rings. The third kappa shape index (κ3) is 13.4. The zero-order valence-corrected chi connectivity index (χ0v) is 44.5. The lowest BCUT2D eigenvalue weighted by Crippen LogP contribution is -2.54. The predicted octanol–water partition coefficient (Wildman–Crippen LogP) is 7.75. The van der Waals surface area contributed by atoms with E-state index < -0.39 is 30.6 Å². The number of amides is 4. The van der Waals surface area contributed by atoms with Crippen molar-refractivity contribution in [1.29, 1.82) is 0 Å². The second-order valence-electron chi connectivity index (χ2n) is 19.7. The Balaban J connectivity index is 0.832. The average molecular weight is 1070 g/mol. The number of esters is 1. The molecule has 2 saturated heterocycles. The molecule has 0 bridgehead atoms. The molecule has 8 rings (SSSR count). The van der Waals surface area contributed by atoms with E-state index in [-0.39, 0.29) is 110 Å². The number of hydrogen-bond acceptors (Lipinski definition) is 13. The summed E-state index contributed by atoms with van der Waals surface area (Å²) in [4.78, 5) is 101. The van der Waals surface area contributed by atoms with Crippen LogP contribution in [0.5, 0.6) is 5.75 Å². The zero-order valence-electron chi connectivity index (χ0n) is 44.5. The normalized spacial score (nSPS) is 16.9. The van der Waals surface area contributed by atoms with Gasteiger partial charge >= 0.3 is 12.1 Å². The Morgan fingerprint density at radius 2 is 1.56 bits per heavy atom. The summed E-state index contributed by atoms with van der Waals surface area (Å²) in [5.41, 5.74) is 5.47. The van der Waals surface area contributed by atoms with Crippen LogP contribution in [-0.2, 0) is 68.9 Å². The van der Waals surface area contributed by atoms with E-state index in [9.17, 15) is 33.6 Å². The molecule has 78 heavy (non-hydrogen) atoms. The van der Waals surface area contributed by atoms with Crippen molar-refractivity contribution in [3.63, 3.8) is 0 Å². The van der Waals surface area contributed by atoms with Crippen LogP contribution in [0.4, 0.5) is 22.0 Å². The quantitative estimate of drug-likeness (QED) is 0.0277. The predicted molar refractivity (Wildman–Crippen MR) is 290 cm³/mol. The van der Waals surface area contributed by atoms with Gasteiger partial charge in [0.15, 0.2) is 29.9 Å². The fourth-order valence-electron chi connectivity index (χ4n) is 9.81. The number of hydrogen-bond donors (Lipinski definition) is 2. The molecular weight excluding hydrogens is 1000 g/mol. The van der Waals surface area contributed by atoms with Gasteiger partial charge in [-0.1, -0.05) is 61.7 Å². The number of nitrogens with zero attached hydrogens (tertiary/aromatic N) is 6. The van der Waals surface area contributed by atoms with Gasteiger partial charge in [0, 0.05) is 78.2 Å². The summed E-state index contributed by atoms with van der Waals surface area (Å²) < 4.78 is 34.1. The van der Waals surface area contributed by atoms with Gasteiger partial charge in [0.1, 0.15) is 24.7 Å². The SMILES string of the molecule is C=CCOC(=O)Cc1ccc(CCC(=O)c2cc(NC(=O)c3cc(CC(=O)c4nc(NC(=O)CCCOc5cc6c(cc5C)C(=O)N5CC(=C)C[C@H]5C(OC5CCCCO5)N6C(=O)OCC=C)cn4C)cn3C)cn2C)cc1. The molecule has 2 unspecified atom stereocenters. The van der Waals surface area contributed by atoms with Crippen LogP contribution in [0, 0.1) is 6.92 Å². The third-order valence-electron chi connectivity index (χ3n) is 13.7. The Morgan fingerprint density at radius 3 is 2.31 bits per heavy atom. The molecule has 6 heterocycles. The zero-order chi connectivity index (χ0) is 55.6. The second kappa shape index (κ2) is 25.2. The number of fused-ring (bicyclic) bond motifs is 2. The number of Topliss-reactive ketones (excluding diaryl/α,β-unsaturated/α-hetero) is 2. The highest BCUT2D eigenvalue weighted by Crippen LogP contribution is 2.41. The number of aryl methyl sites for hydroxylation is 5. The first-order chi connectivity index (χ1) is 37.5. The smallest absolute Gasteiger partial charge is 0.416 e. The first-order valence-corrected chi connectivity index (χ1v) is 26.0. The maximum absolute atomic E-state index is 14.2. The number of rotatable bonds is 23. The lowest BCUT2D eigenvalue weighted by Gasteiger charge is -2.38. The number of anilines is 3. The summed E-state index contributed by atoms with van der Waals surface area (Å²) >= 11 is 0. The molecule has 20 heteroatoms. The molecular formula is C58H66N8O12. The number of nitrogens with one attached hydrogen (secondary N) is 2. The lowest BCUT2D eigenvalue weighted by molar-refractivity contribution is -0.195. The fourth-order valence-corrected chi connectivity index (χ4v) is 9.81. The minimum Gasteiger partial charge on any atom is -0.493 e. The summed E-state index contributed by atoms with van der Waals surface area (Å²) in [6.45, 7) is 14.2. The van der Waals surface area contributed by atoms with E-state index >= 15 is 0 Å². The molecule has 0 aliphatic carbocycles. The third-order valence-corrected chi connectivity index (χ3v) is 13.7. The van der Waals surface area contributed by atoms with E-state index in [0.717, 1.165) is 29.5 Å². The molecule has 3 atom stereocenters. The van der Waals surface area contributed by atoms with E-state index in [1.807, 2.05) is 24.3 Å². The highest BCUT2D eigenvalue weighted by molar-refractivity contribution is 6.07. The first kappa shape index (κ1) is 55.9. The van der Waals surface area contributed by atoms with E-state index in [1.54, 1.807) is 85.0 Å². The van der Waals surface area contributed by atoms with Crippen molar-refractivity contribution in [3.8, 4) is 5.75 Å². The van der Waals surface area contributed by atoms with E-state index in [4.69, 9.17) is 23.7 Å². The van der Waals surface area contributed by atoms with Crippen LogP contribution in [0.2, 0.25) is 0 Å². The topological polar surface area (TPSA) is 224 Å². The average Bonchev–Trinajstić information content (AvgIpc) is 4.24. The molecule has 0 saturated carbocycles. The highest BCUT2D eigenvalue weighted by Gasteiger charge is 2.48. The van der Waals surface area contributed by atoms with Gasteiger partial charge < -0.3 is 52.9 Å². The van der Waals surface area contributed by atoms with Crippen LogP contribution in [-0.4, -0.2) is 116 Å². The van der Waals surface area contributed by atoms with Gasteiger partial charge in [0.2, 0.25) is 11.7 Å². The van der Waals surface area contributed by atoms with Gasteiger partial charge in [-0.2, -0.15) is 0 Å². The van der Waals surface area contributed by atoms with Gasteiger partial charge in [-0.25, -0.2) is 14.7 Å². The van der Waals surface area contributed by atoms with Crippen LogP contribution in [0.1, 0.15) is 109 Å². The van der Waals surface area contributed by atoms with Crippen molar-refractivity contribution in [2.24, 2.45) is 21.1 Å². The molecule has 2 N–H and O–H groups in total. The van der Waals surface area contributed by atoms with Gasteiger partial charge in [-0.3, -0.25) is 28.8 Å². The van der Waals surface area contributed by atoms with Crippen molar-refractivity contribution in [2.75, 3.05) is 48.5 Å². The number of aromatic nitrogens is 4. The van der Waals surface area contributed by atoms with E-state index in [2.05, 4.69) is 35.4 Å². The number of ether oxygens (including phenoxy) is 5. The molecule has 410 valence electrons. The highest BCUT2D eigenvalue weighted by atomic mass is 16.7. The summed E-state index contributed by atoms with van der Waals surface area (Å²) in [7, 11) is 5.07. The Hall–Kier alpha value is -8.36. The van der Waals surface area contributed by atoms with Gasteiger partial charge in [-0.05, 0) is 85.9 Å². The van der Waals surface area contributed by atoms with Gasteiger partial charge in [0.05, 0.1) is 41.7 Å². The van der Waals surface area contributed by atoms with Gasteiger partial charge in [0.25, 0.3) is 11.8 Å². The van der Waals surface area contributed by atoms with Crippen molar-refractivity contribution in [1.82, 2.24) is 23.6 Å². The van der Waals surface area contributed by atoms with Crippen LogP contribution in [0.3, 0.4) is 0 Å². The molecule has 3 aliphatic heterocycles. The number of carbonyl (C=O) groups is 7. The molecule has 5 aromatic rings. The molecule has 2 aromatic carbocycles. The summed E-state index contributed by atoms with van der Waals surface area (Å²) in [5.74, 6) is -1.18. The molecule has 20 nitrogen and oxygen atoms in total. The Bertz CT molecular complexity index is 3120. The fraction of sp³-hybridized carbons (Fsp3) is 0.379. The molecule has 3 aromatic heterocycles. The summed E-state index contributed by atoms with van der Waals surface area (Å²) in [6.07, 6.45) is 9.54. The lowest BCUT2D eigenvalue weighted by atomic mass is 10.0. The van der Waals surface area contributed by atoms with E-state index in [0.29, 0.717) is 60.7 Å². The monoisotopic (exact) mass is 1070 g/mol. The largest absolute Gasteiger partial charge is 0.493 e. The molecule has 2 fully saturated rings. The maximum atomic E-state index is 14.2. The van der Waals surface area contributed by atoms with Crippen molar-refractivity contribution < 1.29 is 57.2 Å². The minimum absolute atomic E-state index is 0.0463. The molecule has 4 amide bonds. The van der Waals surface area contributed by atoms with E-state index in [1.165, 1.54) is 21.6 Å². The minimum atomic E-state index is -0.956. The summed E-state index contributed by atoms with van der Waals surface area (Å²) in [5, 5.41) is 5.62. The van der Waals surface area contributed by atoms with Gasteiger partial charge in [-0.15, -0.1) is 0 Å². The van der Waals surface area contributed by atoms with Crippen LogP contribution in [0.15, 0.2) is 105 Å².